The molecule has 0 amide bonds. The Kier molecular flexibility index (Phi) is 4.40. The average Bonchev–Trinajstić information content (AvgIpc) is 3.04. The second-order valence-corrected chi connectivity index (χ2v) is 3.91. The van der Waals surface area contributed by atoms with E-state index in [1.807, 2.05) is 20.9 Å². The van der Waals surface area contributed by atoms with Gasteiger partial charge in [-0.1, -0.05) is 25.4 Å². The van der Waals surface area contributed by atoms with E-state index in [1.165, 1.54) is 24.0 Å². The van der Waals surface area contributed by atoms with Crippen molar-refractivity contribution in [2.75, 3.05) is 12.4 Å². The monoisotopic (exact) mass is 226 g/mol. The van der Waals surface area contributed by atoms with Crippen LogP contribution in [0.4, 0.5) is 5.82 Å². The molecule has 2 rings (SSSR count). The lowest BCUT2D eigenvalue weighted by Gasteiger charge is -2.08. The van der Waals surface area contributed by atoms with Gasteiger partial charge in [0.25, 0.3) is 0 Å². The zero-order valence-electron chi connectivity index (χ0n) is 9.89. The maximum atomic E-state index is 6.10. The topological polar surface area (TPSA) is 24.9 Å². The van der Waals surface area contributed by atoms with E-state index < -0.39 is 0 Å². The van der Waals surface area contributed by atoms with Crippen molar-refractivity contribution >= 4 is 17.4 Å². The van der Waals surface area contributed by atoms with Crippen molar-refractivity contribution in [2.45, 2.75) is 39.5 Å². The van der Waals surface area contributed by atoms with Crippen LogP contribution in [-0.4, -0.2) is 12.0 Å². The summed E-state index contributed by atoms with van der Waals surface area (Å²) in [6, 6.07) is 2.06. The summed E-state index contributed by atoms with van der Waals surface area (Å²) in [7, 11) is 1.86. The number of aromatic nitrogens is 1. The Bertz CT molecular complexity index is 309. The van der Waals surface area contributed by atoms with Gasteiger partial charge in [-0.15, -0.1) is 0 Å². The molecule has 1 aromatic heterocycles. The molecule has 0 bridgehead atoms. The smallest absolute Gasteiger partial charge is 0.135 e. The van der Waals surface area contributed by atoms with Crippen LogP contribution in [0.3, 0.4) is 0 Å². The van der Waals surface area contributed by atoms with E-state index in [0.717, 1.165) is 5.82 Å². The quantitative estimate of drug-likeness (QED) is 0.772. The Morgan fingerprint density at radius 2 is 2.00 bits per heavy atom. The normalized spacial score (nSPS) is 14.2. The van der Waals surface area contributed by atoms with Gasteiger partial charge in [0.2, 0.25) is 0 Å². The molecule has 0 spiro atoms. The highest BCUT2D eigenvalue weighted by Crippen LogP contribution is 2.44. The molecule has 3 heteroatoms. The summed E-state index contributed by atoms with van der Waals surface area (Å²) in [5, 5.41) is 3.67. The molecular weight excluding hydrogens is 208 g/mol. The second-order valence-electron chi connectivity index (χ2n) is 3.55. The van der Waals surface area contributed by atoms with Gasteiger partial charge in [-0.2, -0.15) is 0 Å². The fraction of sp³-hybridized carbons (Fsp3) is 0.583. The first-order chi connectivity index (χ1) is 7.22. The minimum atomic E-state index is 0.672. The van der Waals surface area contributed by atoms with Gasteiger partial charge in [0.1, 0.15) is 11.0 Å². The second kappa shape index (κ2) is 5.36. The minimum absolute atomic E-state index is 0.672. The Morgan fingerprint density at radius 3 is 2.40 bits per heavy atom. The van der Waals surface area contributed by atoms with Gasteiger partial charge in [-0.05, 0) is 42.9 Å². The zero-order chi connectivity index (χ0) is 11.4. The summed E-state index contributed by atoms with van der Waals surface area (Å²) in [5.41, 5.74) is 2.51. The number of pyridine rings is 1. The summed E-state index contributed by atoms with van der Waals surface area (Å²) in [4.78, 5) is 4.27. The van der Waals surface area contributed by atoms with Crippen LogP contribution in [0, 0.1) is 6.92 Å². The number of hydrogen-bond donors (Lipinski definition) is 1. The number of nitrogens with one attached hydrogen (secondary N) is 1. The number of halogens is 1. The molecule has 0 saturated heterocycles. The number of aryl methyl sites for hydroxylation is 1. The van der Waals surface area contributed by atoms with Crippen molar-refractivity contribution in [3.8, 4) is 0 Å². The third-order valence-electron chi connectivity index (χ3n) is 2.46. The zero-order valence-corrected chi connectivity index (χ0v) is 10.7. The molecule has 1 N–H and O–H groups in total. The minimum Gasteiger partial charge on any atom is -0.373 e. The third kappa shape index (κ3) is 2.85. The van der Waals surface area contributed by atoms with Gasteiger partial charge in [-0.25, -0.2) is 4.98 Å². The molecule has 1 aliphatic rings. The number of hydrogen-bond acceptors (Lipinski definition) is 2. The molecule has 2 nitrogen and oxygen atoms in total. The van der Waals surface area contributed by atoms with Gasteiger partial charge < -0.3 is 5.32 Å². The van der Waals surface area contributed by atoms with Gasteiger partial charge in [0.15, 0.2) is 0 Å². The van der Waals surface area contributed by atoms with E-state index in [0.29, 0.717) is 11.1 Å². The predicted octanol–water partition coefficient (Wildman–Crippen LogP) is 3.99. The first-order valence-corrected chi connectivity index (χ1v) is 5.95. The average molecular weight is 227 g/mol. The highest BCUT2D eigenvalue weighted by molar-refractivity contribution is 6.30. The summed E-state index contributed by atoms with van der Waals surface area (Å²) < 4.78 is 0. The molecule has 15 heavy (non-hydrogen) atoms. The van der Waals surface area contributed by atoms with Crippen molar-refractivity contribution in [1.82, 2.24) is 4.98 Å². The van der Waals surface area contributed by atoms with Crippen LogP contribution in [0.15, 0.2) is 6.07 Å². The number of rotatable bonds is 2. The molecule has 1 saturated carbocycles. The summed E-state index contributed by atoms with van der Waals surface area (Å²) in [6.07, 6.45) is 2.53. The SMILES string of the molecule is CC.CNc1cc(C)c(C2CC2)c(Cl)n1. The Labute approximate surface area is 97.1 Å². The van der Waals surface area contributed by atoms with Crippen molar-refractivity contribution in [3.63, 3.8) is 0 Å². The number of anilines is 1. The molecule has 1 aliphatic carbocycles. The first-order valence-electron chi connectivity index (χ1n) is 5.57. The lowest BCUT2D eigenvalue weighted by molar-refractivity contribution is 1.06. The number of nitrogens with zero attached hydrogens (tertiary/aromatic N) is 1. The largest absolute Gasteiger partial charge is 0.373 e. The van der Waals surface area contributed by atoms with Crippen LogP contribution in [0.5, 0.6) is 0 Å². The fourth-order valence-corrected chi connectivity index (χ4v) is 2.03. The molecule has 1 heterocycles. The van der Waals surface area contributed by atoms with Gasteiger partial charge >= 0.3 is 0 Å². The van der Waals surface area contributed by atoms with E-state index in [-0.39, 0.29) is 0 Å². The van der Waals surface area contributed by atoms with Crippen molar-refractivity contribution in [1.29, 1.82) is 0 Å². The fourth-order valence-electron chi connectivity index (χ4n) is 1.63. The van der Waals surface area contributed by atoms with Crippen LogP contribution in [0.1, 0.15) is 43.7 Å². The van der Waals surface area contributed by atoms with E-state index in [4.69, 9.17) is 11.6 Å². The van der Waals surface area contributed by atoms with Crippen LogP contribution < -0.4 is 5.32 Å². The maximum Gasteiger partial charge on any atom is 0.135 e. The van der Waals surface area contributed by atoms with Gasteiger partial charge in [-0.3, -0.25) is 0 Å². The molecule has 0 aromatic carbocycles. The van der Waals surface area contributed by atoms with E-state index in [1.54, 1.807) is 0 Å². The maximum absolute atomic E-state index is 6.10. The third-order valence-corrected chi connectivity index (χ3v) is 2.75. The van der Waals surface area contributed by atoms with E-state index >= 15 is 0 Å². The van der Waals surface area contributed by atoms with Crippen molar-refractivity contribution in [2.24, 2.45) is 0 Å². The van der Waals surface area contributed by atoms with Crippen LogP contribution in [0.2, 0.25) is 5.15 Å². The van der Waals surface area contributed by atoms with Crippen molar-refractivity contribution in [3.05, 3.63) is 22.3 Å². The molecule has 0 radical (unpaired) electrons. The van der Waals surface area contributed by atoms with Crippen molar-refractivity contribution < 1.29 is 0 Å². The standard InChI is InChI=1S/C10H13ClN2.C2H6/c1-6-5-8(12-2)13-10(11)9(6)7-3-4-7;1-2/h5,7H,3-4H2,1-2H3,(H,12,13);1-2H3. The molecule has 0 unspecified atom stereocenters. The summed E-state index contributed by atoms with van der Waals surface area (Å²) >= 11 is 6.10. The van der Waals surface area contributed by atoms with Gasteiger partial charge in [0.05, 0.1) is 0 Å². The molecule has 1 fully saturated rings. The van der Waals surface area contributed by atoms with E-state index in [2.05, 4.69) is 23.3 Å². The lowest BCUT2D eigenvalue weighted by Crippen LogP contribution is -1.97. The highest BCUT2D eigenvalue weighted by atomic mass is 35.5. The van der Waals surface area contributed by atoms with Crippen LogP contribution in [0.25, 0.3) is 0 Å². The van der Waals surface area contributed by atoms with Crippen LogP contribution >= 0.6 is 11.6 Å². The first kappa shape index (κ1) is 12.3. The van der Waals surface area contributed by atoms with Crippen LogP contribution in [-0.2, 0) is 0 Å². The Morgan fingerprint density at radius 1 is 1.40 bits per heavy atom. The molecule has 1 aromatic rings. The predicted molar refractivity (Wildman–Crippen MR) is 66.9 cm³/mol. The van der Waals surface area contributed by atoms with Gasteiger partial charge in [0, 0.05) is 7.05 Å². The highest BCUT2D eigenvalue weighted by Gasteiger charge is 2.28. The summed E-state index contributed by atoms with van der Waals surface area (Å²) in [6.45, 7) is 6.10. The van der Waals surface area contributed by atoms with E-state index in [9.17, 15) is 0 Å². The molecule has 0 aliphatic heterocycles. The lowest BCUT2D eigenvalue weighted by atomic mass is 10.1. The Balaban J connectivity index is 0.000000531. The molecule has 0 atom stereocenters. The molecule has 84 valence electrons. The molecular formula is C12H19ClN2. The Hall–Kier alpha value is -0.760. The summed E-state index contributed by atoms with van der Waals surface area (Å²) in [5.74, 6) is 1.53.